The number of nitrogens with one attached hydrogen (secondary N) is 1. The molecule has 2 unspecified atom stereocenters. The zero-order chi connectivity index (χ0) is 18.4. The van der Waals surface area contributed by atoms with E-state index < -0.39 is 0 Å². The molecule has 0 spiro atoms. The molecular formula is C20H27N5O2. The van der Waals surface area contributed by atoms with Gasteiger partial charge in [-0.25, -0.2) is 9.67 Å². The number of aryl methyl sites for hydroxylation is 1. The summed E-state index contributed by atoms with van der Waals surface area (Å²) in [7, 11) is 1.87. The van der Waals surface area contributed by atoms with Crippen LogP contribution in [0.25, 0.3) is 11.0 Å². The zero-order valence-corrected chi connectivity index (χ0v) is 15.9. The number of rotatable bonds is 3. The molecule has 27 heavy (non-hydrogen) atoms. The van der Waals surface area contributed by atoms with Crippen molar-refractivity contribution in [1.82, 2.24) is 20.1 Å². The Morgan fingerprint density at radius 2 is 1.85 bits per heavy atom. The molecule has 144 valence electrons. The van der Waals surface area contributed by atoms with Crippen LogP contribution < -0.4 is 10.2 Å². The van der Waals surface area contributed by atoms with E-state index in [1.54, 1.807) is 4.68 Å². The lowest BCUT2D eigenvalue weighted by Gasteiger charge is -2.35. The highest BCUT2D eigenvalue weighted by Gasteiger charge is 2.38. The van der Waals surface area contributed by atoms with Crippen LogP contribution in [0.5, 0.6) is 0 Å². The van der Waals surface area contributed by atoms with E-state index in [4.69, 9.17) is 9.72 Å². The van der Waals surface area contributed by atoms with Crippen LogP contribution in [-0.2, 0) is 11.8 Å². The Kier molecular flexibility index (Phi) is 4.27. The first-order valence-electron chi connectivity index (χ1n) is 10.2. The fraction of sp³-hybridized carbons (Fsp3) is 0.650. The Hall–Kier alpha value is -2.15. The number of fused-ring (bicyclic) bond motifs is 3. The third-order valence-electron chi connectivity index (χ3n) is 6.33. The molecule has 1 N–H and O–H groups in total. The third kappa shape index (κ3) is 2.98. The van der Waals surface area contributed by atoms with Crippen molar-refractivity contribution in [2.75, 3.05) is 18.1 Å². The van der Waals surface area contributed by atoms with Crippen LogP contribution in [0.4, 0.5) is 5.82 Å². The quantitative estimate of drug-likeness (QED) is 0.899. The van der Waals surface area contributed by atoms with Gasteiger partial charge in [0.15, 0.2) is 11.3 Å². The Morgan fingerprint density at radius 3 is 2.59 bits per heavy atom. The molecule has 2 atom stereocenters. The summed E-state index contributed by atoms with van der Waals surface area (Å²) in [5, 5.41) is 8.50. The van der Waals surface area contributed by atoms with E-state index in [9.17, 15) is 4.79 Å². The minimum atomic E-state index is -0.0755. The number of nitrogens with zero attached hydrogens (tertiary/aromatic N) is 4. The number of morpholine rings is 1. The molecule has 3 aliphatic rings. The second-order valence-electron chi connectivity index (χ2n) is 8.15. The number of hydrogen-bond donors (Lipinski definition) is 1. The van der Waals surface area contributed by atoms with E-state index in [1.807, 2.05) is 19.2 Å². The van der Waals surface area contributed by atoms with Gasteiger partial charge in [0.2, 0.25) is 0 Å². The van der Waals surface area contributed by atoms with Crippen molar-refractivity contribution in [3.63, 3.8) is 0 Å². The molecule has 0 radical (unpaired) electrons. The van der Waals surface area contributed by atoms with E-state index in [-0.39, 0.29) is 11.9 Å². The van der Waals surface area contributed by atoms with Crippen LogP contribution in [0, 0.1) is 0 Å². The van der Waals surface area contributed by atoms with Crippen LogP contribution in [0.2, 0.25) is 0 Å². The maximum atomic E-state index is 12.8. The van der Waals surface area contributed by atoms with E-state index >= 15 is 0 Å². The van der Waals surface area contributed by atoms with Crippen molar-refractivity contribution in [3.05, 3.63) is 17.8 Å². The lowest BCUT2D eigenvalue weighted by atomic mass is 9.95. The molecule has 4 heterocycles. The highest BCUT2D eigenvalue weighted by Crippen LogP contribution is 2.34. The molecule has 2 aromatic rings. The van der Waals surface area contributed by atoms with Gasteiger partial charge in [-0.1, -0.05) is 19.3 Å². The van der Waals surface area contributed by atoms with Gasteiger partial charge in [-0.2, -0.15) is 5.10 Å². The summed E-state index contributed by atoms with van der Waals surface area (Å²) < 4.78 is 7.42. The second kappa shape index (κ2) is 6.78. The summed E-state index contributed by atoms with van der Waals surface area (Å²) in [6, 6.07) is 5.15. The van der Waals surface area contributed by atoms with Crippen LogP contribution >= 0.6 is 0 Å². The van der Waals surface area contributed by atoms with Crippen molar-refractivity contribution in [1.29, 1.82) is 0 Å². The van der Waals surface area contributed by atoms with Gasteiger partial charge in [0.05, 0.1) is 30.7 Å². The number of anilines is 1. The highest BCUT2D eigenvalue weighted by molar-refractivity contribution is 6.04. The number of carbonyl (C=O) groups excluding carboxylic acids is 1. The lowest BCUT2D eigenvalue weighted by molar-refractivity contribution is 0.0902. The van der Waals surface area contributed by atoms with Gasteiger partial charge in [-0.05, 0) is 37.8 Å². The van der Waals surface area contributed by atoms with E-state index in [0.717, 1.165) is 55.7 Å². The summed E-state index contributed by atoms with van der Waals surface area (Å²) in [5.74, 6) is 0.897. The lowest BCUT2D eigenvalue weighted by Crippen LogP contribution is -2.46. The van der Waals surface area contributed by atoms with Crippen molar-refractivity contribution in [2.45, 2.75) is 63.1 Å². The van der Waals surface area contributed by atoms with Gasteiger partial charge in [0.25, 0.3) is 5.91 Å². The molecule has 7 nitrogen and oxygen atoms in total. The number of pyridine rings is 1. The average Bonchev–Trinajstić information content (AvgIpc) is 3.15. The van der Waals surface area contributed by atoms with Gasteiger partial charge < -0.3 is 15.0 Å². The van der Waals surface area contributed by atoms with Crippen molar-refractivity contribution in [2.24, 2.45) is 7.05 Å². The molecule has 1 amide bonds. The molecule has 7 heteroatoms. The molecule has 5 rings (SSSR count). The normalized spacial score (nSPS) is 25.9. The number of aromatic nitrogens is 3. The molecule has 2 aromatic heterocycles. The Morgan fingerprint density at radius 1 is 1.11 bits per heavy atom. The molecule has 0 aromatic carbocycles. The van der Waals surface area contributed by atoms with E-state index in [2.05, 4.69) is 15.3 Å². The summed E-state index contributed by atoms with van der Waals surface area (Å²) in [4.78, 5) is 20.1. The van der Waals surface area contributed by atoms with Crippen molar-refractivity contribution in [3.8, 4) is 0 Å². The molecule has 2 saturated heterocycles. The maximum Gasteiger partial charge on any atom is 0.272 e. The Labute approximate surface area is 159 Å². The van der Waals surface area contributed by atoms with Crippen LogP contribution in [-0.4, -0.2) is 52.0 Å². The topological polar surface area (TPSA) is 72.3 Å². The number of hydrogen-bond acceptors (Lipinski definition) is 5. The fourth-order valence-electron chi connectivity index (χ4n) is 4.94. The largest absolute Gasteiger partial charge is 0.377 e. The maximum absolute atomic E-state index is 12.8. The standard InChI is InChI=1S/C20H27N5O2/c1-24-19-16(18(23-24)20(26)21-13-5-3-2-4-6-13)9-10-17(22-19)25-14-7-8-15(25)12-27-11-14/h9-10,13-15H,2-8,11-12H2,1H3,(H,21,26). The van der Waals surface area contributed by atoms with Gasteiger partial charge in [0.1, 0.15) is 5.82 Å². The van der Waals surface area contributed by atoms with Crippen LogP contribution in [0.1, 0.15) is 55.4 Å². The van der Waals surface area contributed by atoms with Crippen molar-refractivity contribution >= 4 is 22.8 Å². The van der Waals surface area contributed by atoms with Crippen molar-refractivity contribution < 1.29 is 9.53 Å². The molecule has 2 aliphatic heterocycles. The summed E-state index contributed by atoms with van der Waals surface area (Å²) in [6.07, 6.45) is 8.11. The predicted octanol–water partition coefficient (Wildman–Crippen LogP) is 2.40. The van der Waals surface area contributed by atoms with Gasteiger partial charge in [-0.15, -0.1) is 0 Å². The highest BCUT2D eigenvalue weighted by atomic mass is 16.5. The van der Waals surface area contributed by atoms with Gasteiger partial charge in [-0.3, -0.25) is 4.79 Å². The SMILES string of the molecule is Cn1nc(C(=O)NC2CCCCC2)c2ccc(N3C4CCC3COC4)nc21. The number of ether oxygens (including phenoxy) is 1. The molecule has 1 aliphatic carbocycles. The molecular weight excluding hydrogens is 342 g/mol. The first-order chi connectivity index (χ1) is 13.2. The minimum Gasteiger partial charge on any atom is -0.377 e. The van der Waals surface area contributed by atoms with E-state index in [1.165, 1.54) is 19.3 Å². The monoisotopic (exact) mass is 369 g/mol. The number of carbonyl (C=O) groups is 1. The molecule has 3 fully saturated rings. The first kappa shape index (κ1) is 17.0. The van der Waals surface area contributed by atoms with Crippen LogP contribution in [0.15, 0.2) is 12.1 Å². The summed E-state index contributed by atoms with van der Waals surface area (Å²) in [6.45, 7) is 1.55. The Balaban J connectivity index is 1.43. The van der Waals surface area contributed by atoms with E-state index in [0.29, 0.717) is 17.8 Å². The molecule has 1 saturated carbocycles. The first-order valence-corrected chi connectivity index (χ1v) is 10.2. The zero-order valence-electron chi connectivity index (χ0n) is 15.9. The third-order valence-corrected chi connectivity index (χ3v) is 6.33. The van der Waals surface area contributed by atoms with Gasteiger partial charge in [0, 0.05) is 13.1 Å². The number of amides is 1. The fourth-order valence-corrected chi connectivity index (χ4v) is 4.94. The smallest absolute Gasteiger partial charge is 0.272 e. The minimum absolute atomic E-state index is 0.0755. The Bertz CT molecular complexity index is 841. The van der Waals surface area contributed by atoms with Crippen LogP contribution in [0.3, 0.4) is 0 Å². The summed E-state index contributed by atoms with van der Waals surface area (Å²) >= 11 is 0. The molecule has 2 bridgehead atoms. The summed E-state index contributed by atoms with van der Waals surface area (Å²) in [5.41, 5.74) is 1.26. The van der Waals surface area contributed by atoms with Gasteiger partial charge >= 0.3 is 0 Å². The second-order valence-corrected chi connectivity index (χ2v) is 8.15. The predicted molar refractivity (Wildman–Crippen MR) is 103 cm³/mol. The average molecular weight is 369 g/mol.